The maximum atomic E-state index is 10.7. The lowest BCUT2D eigenvalue weighted by molar-refractivity contribution is -0.117. The second-order valence-electron chi connectivity index (χ2n) is 3.22. The van der Waals surface area contributed by atoms with Crippen LogP contribution in [0.5, 0.6) is 0 Å². The standard InChI is InChI=1S/C10H9BrN4O/c11-7-1-3-8(4-2-7)15-6-13-10(14-15)5-9(12)16/h1-4,6H,5H2,(H2,12,16). The molecule has 2 rings (SSSR count). The molecule has 1 amide bonds. The van der Waals surface area contributed by atoms with Crippen molar-refractivity contribution < 1.29 is 4.79 Å². The molecule has 0 spiro atoms. The number of aromatic nitrogens is 3. The van der Waals surface area contributed by atoms with Crippen LogP contribution in [0.15, 0.2) is 35.1 Å². The maximum Gasteiger partial charge on any atom is 0.225 e. The van der Waals surface area contributed by atoms with Gasteiger partial charge in [0, 0.05) is 4.47 Å². The summed E-state index contributed by atoms with van der Waals surface area (Å²) in [5.41, 5.74) is 5.94. The van der Waals surface area contributed by atoms with Crippen LogP contribution in [0.1, 0.15) is 5.82 Å². The molecule has 0 fully saturated rings. The Hall–Kier alpha value is -1.69. The van der Waals surface area contributed by atoms with Gasteiger partial charge in [-0.15, -0.1) is 0 Å². The number of nitrogens with two attached hydrogens (primary N) is 1. The number of rotatable bonds is 3. The molecule has 0 radical (unpaired) electrons. The molecule has 0 aliphatic rings. The lowest BCUT2D eigenvalue weighted by atomic mass is 10.3. The third-order valence-electron chi connectivity index (χ3n) is 1.96. The van der Waals surface area contributed by atoms with Crippen molar-refractivity contribution in [3.8, 4) is 5.69 Å². The Morgan fingerprint density at radius 3 is 2.69 bits per heavy atom. The third-order valence-corrected chi connectivity index (χ3v) is 2.49. The van der Waals surface area contributed by atoms with E-state index in [9.17, 15) is 4.79 Å². The molecule has 1 aromatic carbocycles. The molecule has 0 bridgehead atoms. The summed E-state index contributed by atoms with van der Waals surface area (Å²) in [6, 6.07) is 7.61. The van der Waals surface area contributed by atoms with Gasteiger partial charge in [0.15, 0.2) is 5.82 Å². The molecule has 0 aliphatic carbocycles. The molecule has 2 N–H and O–H groups in total. The van der Waals surface area contributed by atoms with Crippen LogP contribution >= 0.6 is 15.9 Å². The van der Waals surface area contributed by atoms with E-state index in [2.05, 4.69) is 26.0 Å². The van der Waals surface area contributed by atoms with Crippen LogP contribution in [0, 0.1) is 0 Å². The minimum atomic E-state index is -0.437. The topological polar surface area (TPSA) is 73.8 Å². The molecule has 1 heterocycles. The zero-order valence-electron chi connectivity index (χ0n) is 8.30. The Balaban J connectivity index is 2.24. The van der Waals surface area contributed by atoms with Crippen molar-refractivity contribution in [3.63, 3.8) is 0 Å². The summed E-state index contributed by atoms with van der Waals surface area (Å²) >= 11 is 3.35. The SMILES string of the molecule is NC(=O)Cc1ncn(-c2ccc(Br)cc2)n1. The van der Waals surface area contributed by atoms with Gasteiger partial charge in [-0.05, 0) is 24.3 Å². The average Bonchev–Trinajstić information content (AvgIpc) is 2.66. The monoisotopic (exact) mass is 280 g/mol. The van der Waals surface area contributed by atoms with Crippen LogP contribution in [-0.2, 0) is 11.2 Å². The van der Waals surface area contributed by atoms with Gasteiger partial charge in [-0.2, -0.15) is 5.10 Å². The van der Waals surface area contributed by atoms with E-state index in [4.69, 9.17) is 5.73 Å². The molecular weight excluding hydrogens is 272 g/mol. The van der Waals surface area contributed by atoms with Gasteiger partial charge in [0.1, 0.15) is 6.33 Å². The number of primary amides is 1. The molecule has 6 heteroatoms. The molecule has 0 unspecified atom stereocenters. The number of amides is 1. The van der Waals surface area contributed by atoms with Crippen molar-refractivity contribution in [3.05, 3.63) is 40.9 Å². The van der Waals surface area contributed by atoms with E-state index in [0.29, 0.717) is 5.82 Å². The van der Waals surface area contributed by atoms with Gasteiger partial charge in [0.25, 0.3) is 0 Å². The van der Waals surface area contributed by atoms with Crippen LogP contribution in [0.2, 0.25) is 0 Å². The first kappa shape index (κ1) is 10.8. The van der Waals surface area contributed by atoms with Gasteiger partial charge in [0.05, 0.1) is 12.1 Å². The molecule has 0 aliphatic heterocycles. The van der Waals surface area contributed by atoms with Gasteiger partial charge in [-0.3, -0.25) is 4.79 Å². The maximum absolute atomic E-state index is 10.7. The number of halogens is 1. The van der Waals surface area contributed by atoms with Crippen molar-refractivity contribution in [1.82, 2.24) is 14.8 Å². The molecule has 1 aromatic heterocycles. The quantitative estimate of drug-likeness (QED) is 0.914. The predicted molar refractivity (Wildman–Crippen MR) is 62.0 cm³/mol. The van der Waals surface area contributed by atoms with Gasteiger partial charge in [-0.1, -0.05) is 15.9 Å². The summed E-state index contributed by atoms with van der Waals surface area (Å²) in [4.78, 5) is 14.7. The highest BCUT2D eigenvalue weighted by atomic mass is 79.9. The molecule has 0 saturated carbocycles. The molecule has 0 saturated heterocycles. The van der Waals surface area contributed by atoms with E-state index in [0.717, 1.165) is 10.2 Å². The summed E-state index contributed by atoms with van der Waals surface area (Å²) in [6.07, 6.45) is 1.62. The Labute approximate surface area is 100 Å². The minimum Gasteiger partial charge on any atom is -0.369 e. The second kappa shape index (κ2) is 4.44. The molecule has 0 atom stereocenters. The first-order valence-corrected chi connectivity index (χ1v) is 5.39. The van der Waals surface area contributed by atoms with Crippen molar-refractivity contribution >= 4 is 21.8 Å². The lowest BCUT2D eigenvalue weighted by Crippen LogP contribution is -2.14. The van der Waals surface area contributed by atoms with Gasteiger partial charge >= 0.3 is 0 Å². The molecule has 82 valence electrons. The largest absolute Gasteiger partial charge is 0.369 e. The fourth-order valence-corrected chi connectivity index (χ4v) is 1.52. The number of carbonyl (C=O) groups excluding carboxylic acids is 1. The Bertz CT molecular complexity index is 506. The third kappa shape index (κ3) is 2.46. The zero-order chi connectivity index (χ0) is 11.5. The second-order valence-corrected chi connectivity index (χ2v) is 4.14. The highest BCUT2D eigenvalue weighted by molar-refractivity contribution is 9.10. The molecule has 2 aromatic rings. The predicted octanol–water partition coefficient (Wildman–Crippen LogP) is 1.06. The number of hydrogen-bond acceptors (Lipinski definition) is 3. The summed E-state index contributed by atoms with van der Waals surface area (Å²) in [7, 11) is 0. The van der Waals surface area contributed by atoms with Crippen molar-refractivity contribution in [2.45, 2.75) is 6.42 Å². The zero-order valence-corrected chi connectivity index (χ0v) is 9.89. The molecule has 16 heavy (non-hydrogen) atoms. The van der Waals surface area contributed by atoms with Crippen LogP contribution in [0.4, 0.5) is 0 Å². The average molecular weight is 281 g/mol. The number of hydrogen-bond donors (Lipinski definition) is 1. The lowest BCUT2D eigenvalue weighted by Gasteiger charge is -1.99. The summed E-state index contributed by atoms with van der Waals surface area (Å²) in [5.74, 6) is -0.0102. The highest BCUT2D eigenvalue weighted by Gasteiger charge is 2.05. The number of carbonyl (C=O) groups is 1. The van der Waals surface area contributed by atoms with E-state index < -0.39 is 5.91 Å². The fourth-order valence-electron chi connectivity index (χ4n) is 1.25. The van der Waals surface area contributed by atoms with Crippen molar-refractivity contribution in [2.24, 2.45) is 5.73 Å². The van der Waals surface area contributed by atoms with E-state index in [1.54, 1.807) is 11.0 Å². The van der Waals surface area contributed by atoms with E-state index >= 15 is 0 Å². The Kier molecular flexibility index (Phi) is 3.00. The minimum absolute atomic E-state index is 0.0591. The van der Waals surface area contributed by atoms with E-state index in [1.807, 2.05) is 24.3 Å². The van der Waals surface area contributed by atoms with Crippen LogP contribution in [0.25, 0.3) is 5.69 Å². The first-order valence-electron chi connectivity index (χ1n) is 4.60. The highest BCUT2D eigenvalue weighted by Crippen LogP contribution is 2.13. The van der Waals surface area contributed by atoms with Crippen LogP contribution in [-0.4, -0.2) is 20.7 Å². The fraction of sp³-hybridized carbons (Fsp3) is 0.100. The van der Waals surface area contributed by atoms with E-state index in [1.165, 1.54) is 0 Å². The number of benzene rings is 1. The molecule has 5 nitrogen and oxygen atoms in total. The summed E-state index contributed by atoms with van der Waals surface area (Å²) < 4.78 is 2.60. The van der Waals surface area contributed by atoms with Crippen LogP contribution < -0.4 is 5.73 Å². The number of nitrogens with zero attached hydrogens (tertiary/aromatic N) is 3. The summed E-state index contributed by atoms with van der Waals surface area (Å²) in [6.45, 7) is 0. The first-order chi connectivity index (χ1) is 7.65. The molecular formula is C10H9BrN4O. The Morgan fingerprint density at radius 2 is 2.06 bits per heavy atom. The van der Waals surface area contributed by atoms with Crippen molar-refractivity contribution in [2.75, 3.05) is 0 Å². The van der Waals surface area contributed by atoms with E-state index in [-0.39, 0.29) is 6.42 Å². The Morgan fingerprint density at radius 1 is 1.38 bits per heavy atom. The van der Waals surface area contributed by atoms with Crippen LogP contribution in [0.3, 0.4) is 0 Å². The van der Waals surface area contributed by atoms with Gasteiger partial charge in [-0.25, -0.2) is 9.67 Å². The van der Waals surface area contributed by atoms with Gasteiger partial charge < -0.3 is 5.73 Å². The normalized spacial score (nSPS) is 10.3. The smallest absolute Gasteiger partial charge is 0.225 e. The van der Waals surface area contributed by atoms with Crippen molar-refractivity contribution in [1.29, 1.82) is 0 Å². The van der Waals surface area contributed by atoms with Gasteiger partial charge in [0.2, 0.25) is 5.91 Å². The summed E-state index contributed by atoms with van der Waals surface area (Å²) in [5, 5.41) is 4.14.